The highest BCUT2D eigenvalue weighted by molar-refractivity contribution is 7.91. The van der Waals surface area contributed by atoms with Crippen molar-refractivity contribution >= 4 is 15.8 Å². The first kappa shape index (κ1) is 19.0. The van der Waals surface area contributed by atoms with E-state index in [0.29, 0.717) is 32.3 Å². The summed E-state index contributed by atoms with van der Waals surface area (Å²) >= 11 is 0. The molecule has 0 unspecified atom stereocenters. The van der Waals surface area contributed by atoms with Crippen molar-refractivity contribution in [3.05, 3.63) is 52.8 Å². The number of anilines is 1. The Balaban J connectivity index is 1.43. The fourth-order valence-corrected chi connectivity index (χ4v) is 6.78. The Bertz CT molecular complexity index is 1020. The lowest BCUT2D eigenvalue weighted by atomic mass is 10.00. The highest BCUT2D eigenvalue weighted by Crippen LogP contribution is 2.40. The quantitative estimate of drug-likeness (QED) is 0.754. The Morgan fingerprint density at radius 1 is 1.21 bits per heavy atom. The summed E-state index contributed by atoms with van der Waals surface area (Å²) in [6.45, 7) is 7.01. The molecule has 0 amide bonds. The van der Waals surface area contributed by atoms with E-state index in [1.807, 2.05) is 0 Å². The highest BCUT2D eigenvalue weighted by atomic mass is 32.2. The number of benzene rings is 1. The number of hydrogen-bond donors (Lipinski definition) is 0. The molecule has 0 aliphatic carbocycles. The van der Waals surface area contributed by atoms with Crippen molar-refractivity contribution in [2.75, 3.05) is 44.3 Å². The Hall–Kier alpha value is -2.03. The van der Waals surface area contributed by atoms with E-state index in [1.54, 1.807) is 6.20 Å². The number of aromatic nitrogens is 2. The van der Waals surface area contributed by atoms with Gasteiger partial charge in [0.1, 0.15) is 0 Å². The van der Waals surface area contributed by atoms with Gasteiger partial charge in [0, 0.05) is 50.4 Å². The molecule has 8 heteroatoms. The maximum atomic E-state index is 13.0. The zero-order chi connectivity index (χ0) is 20.0. The monoisotopic (exact) mass is 414 g/mol. The van der Waals surface area contributed by atoms with Gasteiger partial charge in [-0.2, -0.15) is 0 Å². The van der Waals surface area contributed by atoms with Crippen LogP contribution in [0.4, 0.5) is 5.95 Å². The molecule has 4 heterocycles. The van der Waals surface area contributed by atoms with Gasteiger partial charge in [-0.05, 0) is 12.5 Å². The van der Waals surface area contributed by atoms with E-state index in [4.69, 9.17) is 9.72 Å². The first-order valence-electron chi connectivity index (χ1n) is 10.2. The summed E-state index contributed by atoms with van der Waals surface area (Å²) in [5, 5.41) is -0.382. The van der Waals surface area contributed by atoms with Crippen LogP contribution < -0.4 is 4.90 Å². The van der Waals surface area contributed by atoms with Crippen molar-refractivity contribution < 1.29 is 13.2 Å². The summed E-state index contributed by atoms with van der Waals surface area (Å²) in [5.41, 5.74) is 4.13. The Kier molecular flexibility index (Phi) is 4.80. The maximum absolute atomic E-state index is 13.0. The summed E-state index contributed by atoms with van der Waals surface area (Å²) in [6.07, 6.45) is 1.73. The number of likely N-dealkylation sites (tertiary alicyclic amines) is 1. The SMILES string of the molecule is Cc1cccc(CN2C[C@@H]3c4nc(N5CCOCC5)ncc4CS(=O)(=O)[C@@H]3C2)c1. The lowest BCUT2D eigenvalue weighted by molar-refractivity contribution is 0.122. The molecule has 0 spiro atoms. The van der Waals surface area contributed by atoms with Crippen LogP contribution in [0.5, 0.6) is 0 Å². The molecule has 1 aromatic carbocycles. The number of rotatable bonds is 3. The number of morpholine rings is 1. The number of nitrogens with zero attached hydrogens (tertiary/aromatic N) is 4. The molecule has 0 saturated carbocycles. The molecule has 0 radical (unpaired) electrons. The predicted molar refractivity (Wildman–Crippen MR) is 111 cm³/mol. The van der Waals surface area contributed by atoms with Crippen LogP contribution in [0.1, 0.15) is 28.3 Å². The molecule has 0 N–H and O–H groups in total. The number of sulfone groups is 1. The first-order chi connectivity index (χ1) is 14.0. The second-order valence-corrected chi connectivity index (χ2v) is 10.5. The Morgan fingerprint density at radius 3 is 2.83 bits per heavy atom. The van der Waals surface area contributed by atoms with Crippen LogP contribution in [0.2, 0.25) is 0 Å². The molecular weight excluding hydrogens is 388 g/mol. The molecule has 5 rings (SSSR count). The molecule has 0 bridgehead atoms. The van der Waals surface area contributed by atoms with Gasteiger partial charge in [-0.15, -0.1) is 0 Å². The molecule has 2 aromatic rings. The van der Waals surface area contributed by atoms with Crippen LogP contribution in [-0.2, 0) is 26.9 Å². The van der Waals surface area contributed by atoms with Crippen LogP contribution in [0.15, 0.2) is 30.5 Å². The van der Waals surface area contributed by atoms with E-state index in [9.17, 15) is 8.42 Å². The largest absolute Gasteiger partial charge is 0.378 e. The fraction of sp³-hybridized carbons (Fsp3) is 0.524. The Morgan fingerprint density at radius 2 is 2.03 bits per heavy atom. The predicted octanol–water partition coefficient (Wildman–Crippen LogP) is 1.52. The lowest BCUT2D eigenvalue weighted by Gasteiger charge is -2.30. The van der Waals surface area contributed by atoms with Gasteiger partial charge in [0.25, 0.3) is 0 Å². The fourth-order valence-electron chi connectivity index (χ4n) is 4.76. The second kappa shape index (κ2) is 7.34. The minimum atomic E-state index is -3.20. The molecule has 3 aliphatic rings. The molecule has 29 heavy (non-hydrogen) atoms. The smallest absolute Gasteiger partial charge is 0.225 e. The lowest BCUT2D eigenvalue weighted by Crippen LogP contribution is -2.39. The summed E-state index contributed by atoms with van der Waals surface area (Å²) in [5.74, 6) is 0.657. The normalized spacial score (nSPS) is 26.2. The zero-order valence-electron chi connectivity index (χ0n) is 16.6. The van der Waals surface area contributed by atoms with Crippen molar-refractivity contribution in [2.45, 2.75) is 30.4 Å². The molecular formula is C21H26N4O3S. The summed E-state index contributed by atoms with van der Waals surface area (Å²) in [6, 6.07) is 8.42. The molecule has 2 saturated heterocycles. The highest BCUT2D eigenvalue weighted by Gasteiger charge is 2.47. The standard InChI is InChI=1S/C21H26N4O3S/c1-15-3-2-4-16(9-15)11-24-12-18-19(13-24)29(26,27)14-17-10-22-21(23-20(17)18)25-5-7-28-8-6-25/h2-4,9-10,18-19H,5-8,11-14H2,1H3/t18-,19+/m0/s1. The molecule has 1 aromatic heterocycles. The van der Waals surface area contributed by atoms with Gasteiger partial charge in [0.05, 0.1) is 29.9 Å². The topological polar surface area (TPSA) is 75.6 Å². The number of hydrogen-bond acceptors (Lipinski definition) is 7. The first-order valence-corrected chi connectivity index (χ1v) is 11.9. The van der Waals surface area contributed by atoms with Crippen molar-refractivity contribution in [3.63, 3.8) is 0 Å². The molecule has 2 fully saturated rings. The third-order valence-electron chi connectivity index (χ3n) is 6.18. The van der Waals surface area contributed by atoms with E-state index in [-0.39, 0.29) is 16.9 Å². The van der Waals surface area contributed by atoms with Gasteiger partial charge in [0.2, 0.25) is 5.95 Å². The van der Waals surface area contributed by atoms with E-state index in [1.165, 1.54) is 11.1 Å². The number of aryl methyl sites for hydroxylation is 1. The minimum absolute atomic E-state index is 0.0468. The second-order valence-electron chi connectivity index (χ2n) is 8.32. The third kappa shape index (κ3) is 3.65. The van der Waals surface area contributed by atoms with E-state index in [2.05, 4.69) is 46.0 Å². The number of fused-ring (bicyclic) bond motifs is 3. The average molecular weight is 415 g/mol. The van der Waals surface area contributed by atoms with E-state index < -0.39 is 9.84 Å². The average Bonchev–Trinajstić information content (AvgIpc) is 3.13. The van der Waals surface area contributed by atoms with Gasteiger partial charge in [-0.1, -0.05) is 29.8 Å². The van der Waals surface area contributed by atoms with Crippen molar-refractivity contribution in [3.8, 4) is 0 Å². The van der Waals surface area contributed by atoms with Gasteiger partial charge >= 0.3 is 0 Å². The van der Waals surface area contributed by atoms with Crippen molar-refractivity contribution in [1.82, 2.24) is 14.9 Å². The minimum Gasteiger partial charge on any atom is -0.378 e. The van der Waals surface area contributed by atoms with Crippen molar-refractivity contribution in [2.24, 2.45) is 0 Å². The summed E-state index contributed by atoms with van der Waals surface area (Å²) in [4.78, 5) is 13.7. The van der Waals surface area contributed by atoms with Crippen LogP contribution in [0, 0.1) is 6.92 Å². The number of ether oxygens (including phenoxy) is 1. The molecule has 3 aliphatic heterocycles. The molecule has 2 atom stereocenters. The zero-order valence-corrected chi connectivity index (χ0v) is 17.4. The molecule has 7 nitrogen and oxygen atoms in total. The van der Waals surface area contributed by atoms with Crippen LogP contribution in [0.25, 0.3) is 0 Å². The summed E-state index contributed by atoms with van der Waals surface area (Å²) < 4.78 is 31.3. The van der Waals surface area contributed by atoms with E-state index >= 15 is 0 Å². The van der Waals surface area contributed by atoms with Gasteiger partial charge in [0.15, 0.2) is 9.84 Å². The van der Waals surface area contributed by atoms with Gasteiger partial charge in [-0.25, -0.2) is 18.4 Å². The summed E-state index contributed by atoms with van der Waals surface area (Å²) in [7, 11) is -3.20. The van der Waals surface area contributed by atoms with Gasteiger partial charge < -0.3 is 9.64 Å². The van der Waals surface area contributed by atoms with Crippen LogP contribution in [-0.4, -0.2) is 67.9 Å². The molecule has 154 valence electrons. The Labute approximate surface area is 171 Å². The van der Waals surface area contributed by atoms with Crippen LogP contribution in [0.3, 0.4) is 0 Å². The maximum Gasteiger partial charge on any atom is 0.225 e. The van der Waals surface area contributed by atoms with Crippen molar-refractivity contribution in [1.29, 1.82) is 0 Å². The van der Waals surface area contributed by atoms with Crippen LogP contribution >= 0.6 is 0 Å². The van der Waals surface area contributed by atoms with Gasteiger partial charge in [-0.3, -0.25) is 4.90 Å². The third-order valence-corrected chi connectivity index (χ3v) is 8.29. The van der Waals surface area contributed by atoms with E-state index in [0.717, 1.165) is 30.9 Å².